The summed E-state index contributed by atoms with van der Waals surface area (Å²) in [4.78, 5) is 0. The van der Waals surface area contributed by atoms with Gasteiger partial charge in [-0.15, -0.1) is 0 Å². The molecule has 0 radical (unpaired) electrons. The van der Waals surface area contributed by atoms with Crippen LogP contribution in [0.2, 0.25) is 0 Å². The van der Waals surface area contributed by atoms with Crippen LogP contribution in [-0.4, -0.2) is 26.0 Å². The molecule has 0 heterocycles. The molecule has 0 spiro atoms. The Morgan fingerprint density at radius 2 is 1.73 bits per heavy atom. The summed E-state index contributed by atoms with van der Waals surface area (Å²) in [6, 6.07) is -1.33. The van der Waals surface area contributed by atoms with Gasteiger partial charge in [-0.05, 0) is 12.8 Å². The first-order chi connectivity index (χ1) is 6.74. The van der Waals surface area contributed by atoms with Crippen molar-refractivity contribution < 1.29 is 21.6 Å². The second-order valence-electron chi connectivity index (χ2n) is 3.62. The van der Waals surface area contributed by atoms with Crippen LogP contribution in [0.15, 0.2) is 0 Å². The second-order valence-corrected chi connectivity index (χ2v) is 5.33. The third-order valence-electron chi connectivity index (χ3n) is 2.43. The van der Waals surface area contributed by atoms with Gasteiger partial charge in [-0.2, -0.15) is 13.2 Å². The molecule has 1 aliphatic rings. The number of nitrogens with one attached hydrogen (secondary N) is 1. The fourth-order valence-corrected chi connectivity index (χ4v) is 2.40. The first-order valence-electron chi connectivity index (χ1n) is 4.58. The lowest BCUT2D eigenvalue weighted by atomic mass is 9.92. The Kier molecular flexibility index (Phi) is 3.62. The molecule has 3 N–H and O–H groups in total. The van der Waals surface area contributed by atoms with Crippen molar-refractivity contribution in [1.29, 1.82) is 0 Å². The fraction of sp³-hybridized carbons (Fsp3) is 1.00. The maximum atomic E-state index is 12.0. The minimum atomic E-state index is -5.26. The monoisotopic (exact) mass is 246 g/mol. The third-order valence-corrected chi connectivity index (χ3v) is 3.65. The van der Waals surface area contributed by atoms with Gasteiger partial charge in [0.2, 0.25) is 0 Å². The van der Waals surface area contributed by atoms with Crippen molar-refractivity contribution in [3.63, 3.8) is 0 Å². The molecule has 0 aromatic carbocycles. The molecule has 2 atom stereocenters. The van der Waals surface area contributed by atoms with Crippen molar-refractivity contribution in [2.75, 3.05) is 0 Å². The molecule has 0 bridgehead atoms. The minimum absolute atomic E-state index is 0.358. The van der Waals surface area contributed by atoms with Gasteiger partial charge >= 0.3 is 15.5 Å². The normalized spacial score (nSPS) is 29.1. The van der Waals surface area contributed by atoms with Gasteiger partial charge in [-0.1, -0.05) is 12.8 Å². The number of hydrogen-bond donors (Lipinski definition) is 2. The molecule has 0 aromatic rings. The number of hydrogen-bond acceptors (Lipinski definition) is 3. The molecule has 4 nitrogen and oxygen atoms in total. The van der Waals surface area contributed by atoms with Crippen molar-refractivity contribution >= 4 is 10.0 Å². The standard InChI is InChI=1S/C7H13F3N2O2S/c8-7(9,10)15(13,14)12-6-4-2-1-3-5(6)11/h5-6,12H,1-4,11H2/t5?,6-/m1/s1. The summed E-state index contributed by atoms with van der Waals surface area (Å²) in [7, 11) is -5.26. The molecule has 0 aromatic heterocycles. The van der Waals surface area contributed by atoms with Gasteiger partial charge in [0.05, 0.1) is 0 Å². The Labute approximate surface area is 86.1 Å². The van der Waals surface area contributed by atoms with E-state index in [1.54, 1.807) is 4.72 Å². The highest BCUT2D eigenvalue weighted by Crippen LogP contribution is 2.25. The van der Waals surface area contributed by atoms with Gasteiger partial charge in [0.15, 0.2) is 0 Å². The summed E-state index contributed by atoms with van der Waals surface area (Å²) in [5, 5.41) is 0. The summed E-state index contributed by atoms with van der Waals surface area (Å²) in [6.07, 6.45) is 2.42. The van der Waals surface area contributed by atoms with Crippen molar-refractivity contribution in [3.8, 4) is 0 Å². The lowest BCUT2D eigenvalue weighted by Crippen LogP contribution is -2.52. The third kappa shape index (κ3) is 3.05. The van der Waals surface area contributed by atoms with Crippen LogP contribution in [0.25, 0.3) is 0 Å². The van der Waals surface area contributed by atoms with Crippen LogP contribution in [0.1, 0.15) is 25.7 Å². The van der Waals surface area contributed by atoms with Crippen LogP contribution in [0.3, 0.4) is 0 Å². The number of halogens is 3. The van der Waals surface area contributed by atoms with Crippen LogP contribution in [-0.2, 0) is 10.0 Å². The van der Waals surface area contributed by atoms with Crippen molar-refractivity contribution in [2.24, 2.45) is 5.73 Å². The van der Waals surface area contributed by atoms with Crippen LogP contribution in [0.4, 0.5) is 13.2 Å². The van der Waals surface area contributed by atoms with Crippen LogP contribution in [0.5, 0.6) is 0 Å². The van der Waals surface area contributed by atoms with E-state index in [0.29, 0.717) is 19.3 Å². The SMILES string of the molecule is NC1CCCC[C@H]1NS(=O)(=O)C(F)(F)F. The Balaban J connectivity index is 2.69. The smallest absolute Gasteiger partial charge is 0.326 e. The predicted octanol–water partition coefficient (Wildman–Crippen LogP) is 0.696. The van der Waals surface area contributed by atoms with Gasteiger partial charge < -0.3 is 5.73 Å². The summed E-state index contributed by atoms with van der Waals surface area (Å²) in [5.74, 6) is 0. The summed E-state index contributed by atoms with van der Waals surface area (Å²) >= 11 is 0. The molecule has 0 saturated heterocycles. The lowest BCUT2D eigenvalue weighted by Gasteiger charge is -2.29. The van der Waals surface area contributed by atoms with E-state index in [1.807, 2.05) is 0 Å². The quantitative estimate of drug-likeness (QED) is 0.753. The number of rotatable bonds is 2. The summed E-state index contributed by atoms with van der Waals surface area (Å²) in [5.41, 5.74) is 0.275. The van der Waals surface area contributed by atoms with E-state index >= 15 is 0 Å². The lowest BCUT2D eigenvalue weighted by molar-refractivity contribution is -0.0452. The molecular weight excluding hydrogens is 233 g/mol. The van der Waals surface area contributed by atoms with E-state index in [-0.39, 0.29) is 0 Å². The second kappa shape index (κ2) is 4.26. The van der Waals surface area contributed by atoms with Crippen molar-refractivity contribution in [2.45, 2.75) is 43.3 Å². The van der Waals surface area contributed by atoms with Gasteiger partial charge in [0, 0.05) is 12.1 Å². The van der Waals surface area contributed by atoms with E-state index in [9.17, 15) is 21.6 Å². The molecule has 90 valence electrons. The average molecular weight is 246 g/mol. The van der Waals surface area contributed by atoms with Crippen molar-refractivity contribution in [3.05, 3.63) is 0 Å². The predicted molar refractivity (Wildman–Crippen MR) is 48.3 cm³/mol. The largest absolute Gasteiger partial charge is 0.511 e. The van der Waals surface area contributed by atoms with Gasteiger partial charge in [0.1, 0.15) is 0 Å². The van der Waals surface area contributed by atoms with Gasteiger partial charge in [-0.25, -0.2) is 13.1 Å². The molecule has 15 heavy (non-hydrogen) atoms. The first kappa shape index (κ1) is 12.7. The molecule has 1 saturated carbocycles. The Hall–Kier alpha value is -0.340. The highest BCUT2D eigenvalue weighted by molar-refractivity contribution is 7.90. The first-order valence-corrected chi connectivity index (χ1v) is 6.06. The molecule has 0 amide bonds. The Morgan fingerprint density at radius 3 is 2.20 bits per heavy atom. The van der Waals surface area contributed by atoms with E-state index < -0.39 is 27.6 Å². The molecule has 8 heteroatoms. The Bertz CT molecular complexity index is 315. The van der Waals surface area contributed by atoms with Gasteiger partial charge in [-0.3, -0.25) is 0 Å². The summed E-state index contributed by atoms with van der Waals surface area (Å²) in [6.45, 7) is 0. The minimum Gasteiger partial charge on any atom is -0.326 e. The zero-order valence-corrected chi connectivity index (χ0v) is 8.74. The van der Waals surface area contributed by atoms with Gasteiger partial charge in [0.25, 0.3) is 0 Å². The maximum absolute atomic E-state index is 12.0. The average Bonchev–Trinajstić information content (AvgIpc) is 2.06. The highest BCUT2D eigenvalue weighted by atomic mass is 32.2. The summed E-state index contributed by atoms with van der Waals surface area (Å²) < 4.78 is 59.2. The topological polar surface area (TPSA) is 72.2 Å². The molecule has 1 aliphatic carbocycles. The molecular formula is C7H13F3N2O2S. The number of nitrogens with two attached hydrogens (primary N) is 1. The molecule has 0 aliphatic heterocycles. The van der Waals surface area contributed by atoms with E-state index in [2.05, 4.69) is 0 Å². The van der Waals surface area contributed by atoms with Crippen molar-refractivity contribution in [1.82, 2.24) is 4.72 Å². The number of sulfonamides is 1. The van der Waals surface area contributed by atoms with Crippen LogP contribution >= 0.6 is 0 Å². The fourth-order valence-electron chi connectivity index (χ4n) is 1.57. The molecule has 1 unspecified atom stereocenters. The van der Waals surface area contributed by atoms with E-state index in [0.717, 1.165) is 6.42 Å². The zero-order valence-electron chi connectivity index (χ0n) is 7.92. The zero-order chi connectivity index (χ0) is 11.7. The Morgan fingerprint density at radius 1 is 1.20 bits per heavy atom. The van der Waals surface area contributed by atoms with E-state index in [4.69, 9.17) is 5.73 Å². The molecule has 1 fully saturated rings. The number of alkyl halides is 3. The maximum Gasteiger partial charge on any atom is 0.511 e. The van der Waals surface area contributed by atoms with Crippen LogP contribution in [0, 0.1) is 0 Å². The van der Waals surface area contributed by atoms with Crippen LogP contribution < -0.4 is 10.5 Å². The van der Waals surface area contributed by atoms with E-state index in [1.165, 1.54) is 0 Å². The molecule has 1 rings (SSSR count). The highest BCUT2D eigenvalue weighted by Gasteiger charge is 2.47.